The maximum atomic E-state index is 12.2. The summed E-state index contributed by atoms with van der Waals surface area (Å²) in [7, 11) is 1.69. The SMILES string of the molecule is COCc1ccccc1CNC(=O)CN1C[C@H]2CCC[C@H]2C1. The van der Waals surface area contributed by atoms with Gasteiger partial charge in [0.15, 0.2) is 0 Å². The van der Waals surface area contributed by atoms with Crippen LogP contribution in [0.1, 0.15) is 30.4 Å². The molecular weight excluding hydrogens is 276 g/mol. The number of methoxy groups -OCH3 is 1. The van der Waals surface area contributed by atoms with Gasteiger partial charge in [-0.2, -0.15) is 0 Å². The van der Waals surface area contributed by atoms with E-state index in [2.05, 4.69) is 16.3 Å². The van der Waals surface area contributed by atoms with Gasteiger partial charge < -0.3 is 10.1 Å². The van der Waals surface area contributed by atoms with Crippen molar-refractivity contribution in [3.63, 3.8) is 0 Å². The normalized spacial score (nSPS) is 24.4. The molecule has 0 spiro atoms. The van der Waals surface area contributed by atoms with Crippen LogP contribution < -0.4 is 5.32 Å². The zero-order valence-corrected chi connectivity index (χ0v) is 13.4. The van der Waals surface area contributed by atoms with Crippen molar-refractivity contribution in [3.05, 3.63) is 35.4 Å². The summed E-state index contributed by atoms with van der Waals surface area (Å²) in [5, 5.41) is 3.05. The van der Waals surface area contributed by atoms with Crippen molar-refractivity contribution in [1.29, 1.82) is 0 Å². The molecular formula is C18H26N2O2. The van der Waals surface area contributed by atoms with E-state index < -0.39 is 0 Å². The van der Waals surface area contributed by atoms with E-state index in [1.165, 1.54) is 19.3 Å². The highest BCUT2D eigenvalue weighted by molar-refractivity contribution is 5.78. The summed E-state index contributed by atoms with van der Waals surface area (Å²) in [4.78, 5) is 14.5. The molecule has 1 aliphatic carbocycles. The molecule has 120 valence electrons. The Labute approximate surface area is 132 Å². The molecule has 0 unspecified atom stereocenters. The molecule has 2 fully saturated rings. The molecule has 1 N–H and O–H groups in total. The van der Waals surface area contributed by atoms with Crippen LogP contribution in [0.4, 0.5) is 0 Å². The number of carbonyl (C=O) groups excluding carboxylic acids is 1. The van der Waals surface area contributed by atoms with Crippen LogP contribution in [-0.4, -0.2) is 37.6 Å². The van der Waals surface area contributed by atoms with E-state index in [1.54, 1.807) is 7.11 Å². The van der Waals surface area contributed by atoms with Crippen molar-refractivity contribution >= 4 is 5.91 Å². The van der Waals surface area contributed by atoms with Crippen molar-refractivity contribution < 1.29 is 9.53 Å². The predicted octanol–water partition coefficient (Wildman–Crippen LogP) is 2.18. The van der Waals surface area contributed by atoms with Gasteiger partial charge in [0, 0.05) is 26.7 Å². The third-order valence-electron chi connectivity index (χ3n) is 5.06. The highest BCUT2D eigenvalue weighted by Crippen LogP contribution is 2.37. The van der Waals surface area contributed by atoms with E-state index in [1.807, 2.05) is 18.2 Å². The largest absolute Gasteiger partial charge is 0.380 e. The number of ether oxygens (including phenoxy) is 1. The van der Waals surface area contributed by atoms with Crippen LogP contribution in [-0.2, 0) is 22.7 Å². The predicted molar refractivity (Wildman–Crippen MR) is 86.3 cm³/mol. The number of carbonyl (C=O) groups is 1. The molecule has 2 aliphatic rings. The Morgan fingerprint density at radius 2 is 1.91 bits per heavy atom. The van der Waals surface area contributed by atoms with Crippen LogP contribution in [0.5, 0.6) is 0 Å². The van der Waals surface area contributed by atoms with Crippen molar-refractivity contribution in [1.82, 2.24) is 10.2 Å². The maximum Gasteiger partial charge on any atom is 0.234 e. The molecule has 1 heterocycles. The molecule has 4 heteroatoms. The Balaban J connectivity index is 1.46. The minimum atomic E-state index is 0.132. The van der Waals surface area contributed by atoms with Gasteiger partial charge in [0.1, 0.15) is 0 Å². The van der Waals surface area contributed by atoms with Crippen LogP contribution in [0.2, 0.25) is 0 Å². The Hall–Kier alpha value is -1.39. The molecule has 3 rings (SSSR count). The summed E-state index contributed by atoms with van der Waals surface area (Å²) >= 11 is 0. The molecule has 0 bridgehead atoms. The fourth-order valence-corrected chi connectivity index (χ4v) is 3.94. The van der Waals surface area contributed by atoms with Crippen LogP contribution in [0.25, 0.3) is 0 Å². The van der Waals surface area contributed by atoms with Gasteiger partial charge in [-0.1, -0.05) is 30.7 Å². The monoisotopic (exact) mass is 302 g/mol. The van der Waals surface area contributed by atoms with E-state index >= 15 is 0 Å². The molecule has 1 saturated heterocycles. The van der Waals surface area contributed by atoms with Gasteiger partial charge in [0.25, 0.3) is 0 Å². The van der Waals surface area contributed by atoms with Gasteiger partial charge >= 0.3 is 0 Å². The van der Waals surface area contributed by atoms with E-state index in [-0.39, 0.29) is 5.91 Å². The third-order valence-corrected chi connectivity index (χ3v) is 5.06. The first-order valence-corrected chi connectivity index (χ1v) is 8.31. The molecule has 2 atom stereocenters. The first-order valence-electron chi connectivity index (χ1n) is 8.31. The van der Waals surface area contributed by atoms with Crippen molar-refractivity contribution in [2.75, 3.05) is 26.7 Å². The van der Waals surface area contributed by atoms with E-state index in [0.717, 1.165) is 36.1 Å². The third kappa shape index (κ3) is 3.68. The van der Waals surface area contributed by atoms with Crippen LogP contribution >= 0.6 is 0 Å². The highest BCUT2D eigenvalue weighted by Gasteiger charge is 2.36. The number of fused-ring (bicyclic) bond motifs is 1. The van der Waals surface area contributed by atoms with Gasteiger partial charge in [-0.25, -0.2) is 0 Å². The number of rotatable bonds is 6. The number of amides is 1. The van der Waals surface area contributed by atoms with Crippen molar-refractivity contribution in [3.8, 4) is 0 Å². The first kappa shape index (κ1) is 15.5. The topological polar surface area (TPSA) is 41.6 Å². The standard InChI is InChI=1S/C18H26N2O2/c1-22-13-17-6-3-2-5-14(17)9-19-18(21)12-20-10-15-7-4-8-16(15)11-20/h2-3,5-6,15-16H,4,7-13H2,1H3,(H,19,21)/t15-,16+. The smallest absolute Gasteiger partial charge is 0.234 e. The molecule has 0 radical (unpaired) electrons. The zero-order chi connectivity index (χ0) is 15.4. The summed E-state index contributed by atoms with van der Waals surface area (Å²) < 4.78 is 5.20. The Bertz CT molecular complexity index is 506. The van der Waals surface area contributed by atoms with Crippen LogP contribution in [0.15, 0.2) is 24.3 Å². The Morgan fingerprint density at radius 1 is 1.23 bits per heavy atom. The molecule has 1 aromatic carbocycles. The van der Waals surface area contributed by atoms with Gasteiger partial charge in [-0.15, -0.1) is 0 Å². The lowest BCUT2D eigenvalue weighted by Crippen LogP contribution is -2.36. The molecule has 1 saturated carbocycles. The van der Waals surface area contributed by atoms with Gasteiger partial charge in [-0.05, 0) is 35.8 Å². The molecule has 4 nitrogen and oxygen atoms in total. The highest BCUT2D eigenvalue weighted by atomic mass is 16.5. The van der Waals surface area contributed by atoms with Crippen LogP contribution in [0.3, 0.4) is 0 Å². The molecule has 0 aromatic heterocycles. The second kappa shape index (κ2) is 7.25. The maximum absolute atomic E-state index is 12.2. The number of nitrogens with one attached hydrogen (secondary N) is 1. The number of likely N-dealkylation sites (tertiary alicyclic amines) is 1. The van der Waals surface area contributed by atoms with E-state index in [0.29, 0.717) is 19.7 Å². The lowest BCUT2D eigenvalue weighted by molar-refractivity contribution is -0.122. The minimum absolute atomic E-state index is 0.132. The second-order valence-electron chi connectivity index (χ2n) is 6.62. The number of hydrogen-bond acceptors (Lipinski definition) is 3. The van der Waals surface area contributed by atoms with E-state index in [9.17, 15) is 4.79 Å². The van der Waals surface area contributed by atoms with Gasteiger partial charge in [0.2, 0.25) is 5.91 Å². The fraction of sp³-hybridized carbons (Fsp3) is 0.611. The second-order valence-corrected chi connectivity index (χ2v) is 6.62. The number of hydrogen-bond donors (Lipinski definition) is 1. The fourth-order valence-electron chi connectivity index (χ4n) is 3.94. The zero-order valence-electron chi connectivity index (χ0n) is 13.4. The lowest BCUT2D eigenvalue weighted by Gasteiger charge is -2.16. The van der Waals surface area contributed by atoms with Gasteiger partial charge in [0.05, 0.1) is 13.2 Å². The van der Waals surface area contributed by atoms with Crippen LogP contribution in [0, 0.1) is 11.8 Å². The quantitative estimate of drug-likeness (QED) is 0.876. The number of nitrogens with zero attached hydrogens (tertiary/aromatic N) is 1. The Kier molecular flexibility index (Phi) is 5.11. The summed E-state index contributed by atoms with van der Waals surface area (Å²) in [6.07, 6.45) is 4.09. The lowest BCUT2D eigenvalue weighted by atomic mass is 10.0. The summed E-state index contributed by atoms with van der Waals surface area (Å²) in [5.74, 6) is 1.82. The summed E-state index contributed by atoms with van der Waals surface area (Å²) in [6, 6.07) is 8.10. The van der Waals surface area contributed by atoms with E-state index in [4.69, 9.17) is 4.74 Å². The Morgan fingerprint density at radius 3 is 2.59 bits per heavy atom. The molecule has 1 aliphatic heterocycles. The molecule has 1 aromatic rings. The molecule has 22 heavy (non-hydrogen) atoms. The van der Waals surface area contributed by atoms with Gasteiger partial charge in [-0.3, -0.25) is 9.69 Å². The summed E-state index contributed by atoms with van der Waals surface area (Å²) in [6.45, 7) is 3.93. The first-order chi connectivity index (χ1) is 10.8. The summed E-state index contributed by atoms with van der Waals surface area (Å²) in [5.41, 5.74) is 2.27. The molecule has 1 amide bonds. The average molecular weight is 302 g/mol. The average Bonchev–Trinajstić information content (AvgIpc) is 3.08. The number of benzene rings is 1. The minimum Gasteiger partial charge on any atom is -0.380 e. The van der Waals surface area contributed by atoms with Crippen molar-refractivity contribution in [2.45, 2.75) is 32.4 Å². The van der Waals surface area contributed by atoms with Crippen molar-refractivity contribution in [2.24, 2.45) is 11.8 Å².